The maximum atomic E-state index is 12.2. The molecular formula is C16H31N3O. The first-order chi connectivity index (χ1) is 9.72. The summed E-state index contributed by atoms with van der Waals surface area (Å²) in [6.07, 6.45) is 7.39. The predicted octanol–water partition coefficient (Wildman–Crippen LogP) is 1.76. The van der Waals surface area contributed by atoms with Gasteiger partial charge in [-0.25, -0.2) is 0 Å². The van der Waals surface area contributed by atoms with Crippen molar-refractivity contribution in [3.8, 4) is 0 Å². The molecule has 4 nitrogen and oxygen atoms in total. The summed E-state index contributed by atoms with van der Waals surface area (Å²) < 4.78 is 0. The lowest BCUT2D eigenvalue weighted by Gasteiger charge is -2.38. The van der Waals surface area contributed by atoms with Crippen molar-refractivity contribution in [2.24, 2.45) is 5.92 Å². The molecule has 2 rings (SSSR count). The van der Waals surface area contributed by atoms with Gasteiger partial charge in [-0.2, -0.15) is 0 Å². The third-order valence-corrected chi connectivity index (χ3v) is 4.91. The van der Waals surface area contributed by atoms with Crippen LogP contribution in [0.25, 0.3) is 0 Å². The molecule has 3 unspecified atom stereocenters. The average Bonchev–Trinajstić information content (AvgIpc) is 3.01. The van der Waals surface area contributed by atoms with Gasteiger partial charge in [0.05, 0.1) is 6.04 Å². The van der Waals surface area contributed by atoms with Crippen LogP contribution >= 0.6 is 0 Å². The molecule has 2 heterocycles. The lowest BCUT2D eigenvalue weighted by Crippen LogP contribution is -2.51. The van der Waals surface area contributed by atoms with Crippen LogP contribution < -0.4 is 10.6 Å². The molecule has 2 N–H and O–H groups in total. The molecule has 2 fully saturated rings. The molecule has 0 saturated carbocycles. The first-order valence-corrected chi connectivity index (χ1v) is 8.47. The number of amides is 1. The van der Waals surface area contributed by atoms with Gasteiger partial charge in [-0.3, -0.25) is 9.69 Å². The van der Waals surface area contributed by atoms with E-state index in [4.69, 9.17) is 0 Å². The Hall–Kier alpha value is -0.610. The van der Waals surface area contributed by atoms with Crippen molar-refractivity contribution in [1.29, 1.82) is 0 Å². The number of likely N-dealkylation sites (tertiary alicyclic amines) is 1. The summed E-state index contributed by atoms with van der Waals surface area (Å²) in [6.45, 7) is 8.37. The number of piperidine rings is 1. The first kappa shape index (κ1) is 15.8. The monoisotopic (exact) mass is 281 g/mol. The SMILES string of the molecule is CCCCNC(=O)C(C)N1CCCC(C2CCCN2)C1. The van der Waals surface area contributed by atoms with Gasteiger partial charge in [-0.05, 0) is 58.0 Å². The molecule has 0 radical (unpaired) electrons. The fourth-order valence-electron chi connectivity index (χ4n) is 3.54. The smallest absolute Gasteiger partial charge is 0.237 e. The Morgan fingerprint density at radius 1 is 1.40 bits per heavy atom. The van der Waals surface area contributed by atoms with Crippen LogP contribution in [0.1, 0.15) is 52.4 Å². The summed E-state index contributed by atoms with van der Waals surface area (Å²) in [5, 5.41) is 6.70. The molecule has 3 atom stereocenters. The van der Waals surface area contributed by atoms with E-state index in [-0.39, 0.29) is 11.9 Å². The van der Waals surface area contributed by atoms with Crippen LogP contribution in [0, 0.1) is 5.92 Å². The van der Waals surface area contributed by atoms with Gasteiger partial charge in [0.2, 0.25) is 5.91 Å². The Morgan fingerprint density at radius 3 is 2.95 bits per heavy atom. The molecular weight excluding hydrogens is 250 g/mol. The summed E-state index contributed by atoms with van der Waals surface area (Å²) in [7, 11) is 0. The molecule has 116 valence electrons. The zero-order valence-electron chi connectivity index (χ0n) is 13.2. The van der Waals surface area contributed by atoms with Crippen molar-refractivity contribution in [3.05, 3.63) is 0 Å². The van der Waals surface area contributed by atoms with E-state index in [1.807, 2.05) is 0 Å². The van der Waals surface area contributed by atoms with Crippen molar-refractivity contribution in [3.63, 3.8) is 0 Å². The van der Waals surface area contributed by atoms with Gasteiger partial charge in [-0.1, -0.05) is 13.3 Å². The van der Waals surface area contributed by atoms with Crippen molar-refractivity contribution in [1.82, 2.24) is 15.5 Å². The van der Waals surface area contributed by atoms with Gasteiger partial charge >= 0.3 is 0 Å². The zero-order valence-corrected chi connectivity index (χ0v) is 13.2. The molecule has 20 heavy (non-hydrogen) atoms. The van der Waals surface area contributed by atoms with E-state index in [9.17, 15) is 4.79 Å². The van der Waals surface area contributed by atoms with E-state index < -0.39 is 0 Å². The Labute approximate surface area is 123 Å². The molecule has 2 saturated heterocycles. The number of hydrogen-bond donors (Lipinski definition) is 2. The van der Waals surface area contributed by atoms with E-state index >= 15 is 0 Å². The fourth-order valence-corrected chi connectivity index (χ4v) is 3.54. The highest BCUT2D eigenvalue weighted by Gasteiger charge is 2.32. The summed E-state index contributed by atoms with van der Waals surface area (Å²) in [5.41, 5.74) is 0. The molecule has 0 aromatic heterocycles. The van der Waals surface area contributed by atoms with Crippen molar-refractivity contribution < 1.29 is 4.79 Å². The topological polar surface area (TPSA) is 44.4 Å². The molecule has 2 aliphatic heterocycles. The van der Waals surface area contributed by atoms with Crippen LogP contribution in [0.3, 0.4) is 0 Å². The third kappa shape index (κ3) is 4.19. The van der Waals surface area contributed by atoms with E-state index in [2.05, 4.69) is 29.4 Å². The molecule has 0 aliphatic carbocycles. The van der Waals surface area contributed by atoms with Gasteiger partial charge < -0.3 is 10.6 Å². The van der Waals surface area contributed by atoms with Crippen molar-refractivity contribution >= 4 is 5.91 Å². The molecule has 0 spiro atoms. The normalized spacial score (nSPS) is 29.3. The minimum absolute atomic E-state index is 0.0241. The lowest BCUT2D eigenvalue weighted by molar-refractivity contribution is -0.126. The van der Waals surface area contributed by atoms with Gasteiger partial charge in [0, 0.05) is 19.1 Å². The standard InChI is InChI=1S/C16H31N3O/c1-3-4-9-18-16(20)13(2)19-11-6-7-14(12-19)15-8-5-10-17-15/h13-15,17H,3-12H2,1-2H3,(H,18,20). The summed E-state index contributed by atoms with van der Waals surface area (Å²) in [6, 6.07) is 0.712. The molecule has 4 heteroatoms. The van der Waals surface area contributed by atoms with Crippen LogP contribution in [-0.4, -0.2) is 49.1 Å². The Balaban J connectivity index is 1.79. The number of rotatable bonds is 6. The largest absolute Gasteiger partial charge is 0.355 e. The van der Waals surface area contributed by atoms with Gasteiger partial charge in [0.15, 0.2) is 0 Å². The second kappa shape index (κ2) is 7.99. The van der Waals surface area contributed by atoms with Crippen LogP contribution in [-0.2, 0) is 4.79 Å². The van der Waals surface area contributed by atoms with E-state index in [0.717, 1.165) is 38.4 Å². The minimum atomic E-state index is 0.0241. The fraction of sp³-hybridized carbons (Fsp3) is 0.938. The lowest BCUT2D eigenvalue weighted by atomic mass is 9.89. The van der Waals surface area contributed by atoms with E-state index in [1.54, 1.807) is 0 Å². The Morgan fingerprint density at radius 2 is 2.25 bits per heavy atom. The van der Waals surface area contributed by atoms with Crippen LogP contribution in [0.2, 0.25) is 0 Å². The van der Waals surface area contributed by atoms with Crippen molar-refractivity contribution in [2.75, 3.05) is 26.2 Å². The summed E-state index contributed by atoms with van der Waals surface area (Å²) in [4.78, 5) is 14.6. The summed E-state index contributed by atoms with van der Waals surface area (Å²) >= 11 is 0. The maximum Gasteiger partial charge on any atom is 0.237 e. The molecule has 2 aliphatic rings. The Kier molecular flexibility index (Phi) is 6.30. The highest BCUT2D eigenvalue weighted by atomic mass is 16.2. The highest BCUT2D eigenvalue weighted by molar-refractivity contribution is 5.81. The van der Waals surface area contributed by atoms with Gasteiger partial charge in [-0.15, -0.1) is 0 Å². The molecule has 0 aromatic rings. The quantitative estimate of drug-likeness (QED) is 0.729. The van der Waals surface area contributed by atoms with Crippen molar-refractivity contribution in [2.45, 2.75) is 64.5 Å². The Bertz CT molecular complexity index is 302. The van der Waals surface area contributed by atoms with Crippen LogP contribution in [0.5, 0.6) is 0 Å². The predicted molar refractivity (Wildman–Crippen MR) is 82.7 cm³/mol. The first-order valence-electron chi connectivity index (χ1n) is 8.47. The number of nitrogens with one attached hydrogen (secondary N) is 2. The third-order valence-electron chi connectivity index (χ3n) is 4.91. The number of unbranched alkanes of at least 4 members (excludes halogenated alkanes) is 1. The second-order valence-corrected chi connectivity index (χ2v) is 6.42. The second-order valence-electron chi connectivity index (χ2n) is 6.42. The highest BCUT2D eigenvalue weighted by Crippen LogP contribution is 2.25. The average molecular weight is 281 g/mol. The molecule has 1 amide bonds. The van der Waals surface area contributed by atoms with Crippen LogP contribution in [0.15, 0.2) is 0 Å². The van der Waals surface area contributed by atoms with Gasteiger partial charge in [0.25, 0.3) is 0 Å². The van der Waals surface area contributed by atoms with Crippen LogP contribution in [0.4, 0.5) is 0 Å². The van der Waals surface area contributed by atoms with Gasteiger partial charge in [0.1, 0.15) is 0 Å². The zero-order chi connectivity index (χ0) is 14.4. The number of hydrogen-bond acceptors (Lipinski definition) is 3. The van der Waals surface area contributed by atoms with E-state index in [1.165, 1.54) is 32.2 Å². The molecule has 0 aromatic carbocycles. The maximum absolute atomic E-state index is 12.2. The number of carbonyl (C=O) groups excluding carboxylic acids is 1. The summed E-state index contributed by atoms with van der Waals surface area (Å²) in [5.74, 6) is 0.940. The molecule has 0 bridgehead atoms. The van der Waals surface area contributed by atoms with E-state index in [0.29, 0.717) is 6.04 Å². The minimum Gasteiger partial charge on any atom is -0.355 e. The number of carbonyl (C=O) groups is 1. The number of nitrogens with zero attached hydrogens (tertiary/aromatic N) is 1.